The van der Waals surface area contributed by atoms with Crippen LogP contribution in [0, 0.1) is 11.8 Å². The van der Waals surface area contributed by atoms with Crippen LogP contribution in [0.2, 0.25) is 5.54 Å². The monoisotopic (exact) mass is 342 g/mol. The quantitative estimate of drug-likeness (QED) is 0.306. The number of hydrogen-bond donors (Lipinski definition) is 0. The summed E-state index contributed by atoms with van der Waals surface area (Å²) in [6.45, 7) is 0. The lowest BCUT2D eigenvalue weighted by Gasteiger charge is -2.36. The van der Waals surface area contributed by atoms with Crippen molar-refractivity contribution in [2.75, 3.05) is 21.3 Å². The molecule has 1 aliphatic heterocycles. The van der Waals surface area contributed by atoms with Crippen molar-refractivity contribution in [1.82, 2.24) is 0 Å². The molecule has 1 saturated heterocycles. The molecule has 2 fully saturated rings. The average Bonchev–Trinajstić information content (AvgIpc) is 2.89. The highest BCUT2D eigenvalue weighted by Gasteiger charge is 2.48. The van der Waals surface area contributed by atoms with E-state index in [0.29, 0.717) is 17.9 Å². The van der Waals surface area contributed by atoms with Crippen LogP contribution >= 0.6 is 0 Å². The maximum atomic E-state index is 11.4. The van der Waals surface area contributed by atoms with E-state index in [1.165, 1.54) is 0 Å². The van der Waals surface area contributed by atoms with Crippen LogP contribution in [0.1, 0.15) is 38.5 Å². The van der Waals surface area contributed by atoms with Gasteiger partial charge in [0.2, 0.25) is 0 Å². The summed E-state index contributed by atoms with van der Waals surface area (Å²) in [4.78, 5) is 22.5. The van der Waals surface area contributed by atoms with Crippen LogP contribution in [0.15, 0.2) is 12.2 Å². The van der Waals surface area contributed by atoms with Crippen LogP contribution in [0.3, 0.4) is 0 Å². The molecule has 130 valence electrons. The third-order valence-corrected chi connectivity index (χ3v) is 8.20. The minimum Gasteiger partial charge on any atom is -0.393 e. The van der Waals surface area contributed by atoms with Gasteiger partial charge in [0.1, 0.15) is 0 Å². The summed E-state index contributed by atoms with van der Waals surface area (Å²) in [5, 5.41) is 0. The topological polar surface area (TPSA) is 71.1 Å². The van der Waals surface area contributed by atoms with Crippen LogP contribution in [-0.2, 0) is 27.6 Å². The molecule has 1 atom stereocenters. The largest absolute Gasteiger partial charge is 0.503 e. The van der Waals surface area contributed by atoms with Gasteiger partial charge in [-0.15, -0.1) is 0 Å². The highest BCUT2D eigenvalue weighted by Crippen LogP contribution is 2.40. The fraction of sp³-hybridized carbons (Fsp3) is 0.750. The summed E-state index contributed by atoms with van der Waals surface area (Å²) in [6.07, 6.45) is 9.11. The fourth-order valence-corrected chi connectivity index (χ4v) is 6.09. The summed E-state index contributed by atoms with van der Waals surface area (Å²) in [7, 11) is 2.44. The van der Waals surface area contributed by atoms with Gasteiger partial charge in [-0.25, -0.2) is 0 Å². The van der Waals surface area contributed by atoms with Gasteiger partial charge in [0.15, 0.2) is 0 Å². The number of ether oxygens (including phenoxy) is 1. The number of rotatable bonds is 7. The van der Waals surface area contributed by atoms with E-state index in [0.717, 1.165) is 25.7 Å². The van der Waals surface area contributed by atoms with Crippen LogP contribution in [-0.4, -0.2) is 42.1 Å². The molecule has 0 bridgehead atoms. The van der Waals surface area contributed by atoms with Crippen LogP contribution in [0.4, 0.5) is 0 Å². The molecule has 0 aromatic heterocycles. The van der Waals surface area contributed by atoms with Gasteiger partial charge >= 0.3 is 20.7 Å². The molecule has 7 heteroatoms. The number of carbonyl (C=O) groups excluding carboxylic acids is 2. The molecule has 1 saturated carbocycles. The number of carbonyl (C=O) groups is 2. The zero-order valence-corrected chi connectivity index (χ0v) is 15.1. The van der Waals surface area contributed by atoms with E-state index in [4.69, 9.17) is 13.3 Å². The van der Waals surface area contributed by atoms with Gasteiger partial charge in [0, 0.05) is 26.9 Å². The Morgan fingerprint density at radius 1 is 1.09 bits per heavy atom. The number of cyclic esters (lactones) is 2. The van der Waals surface area contributed by atoms with Crippen molar-refractivity contribution in [2.24, 2.45) is 11.8 Å². The Hall–Kier alpha value is -1.02. The Balaban J connectivity index is 1.79. The molecule has 1 heterocycles. The standard InChI is InChI=1S/C16H26O6Si/c1-19-23(20-2,21-3)14-9-7-12(8-10-14)5-4-6-13-11-15(17)22-16(13)18/h4-5,12-14H,6-11H2,1-3H3/b5-4+. The van der Waals surface area contributed by atoms with Crippen molar-refractivity contribution < 1.29 is 27.6 Å². The van der Waals surface area contributed by atoms with E-state index in [1.807, 2.05) is 6.08 Å². The first-order valence-corrected chi connectivity index (χ1v) is 9.91. The Bertz CT molecular complexity index is 443. The van der Waals surface area contributed by atoms with Gasteiger partial charge < -0.3 is 18.0 Å². The van der Waals surface area contributed by atoms with Crippen molar-refractivity contribution in [1.29, 1.82) is 0 Å². The molecule has 2 rings (SSSR count). The maximum absolute atomic E-state index is 11.4. The fourth-order valence-electron chi connectivity index (χ4n) is 3.55. The third-order valence-electron chi connectivity index (χ3n) is 4.92. The second-order valence-electron chi connectivity index (χ2n) is 6.19. The van der Waals surface area contributed by atoms with Gasteiger partial charge in [-0.2, -0.15) is 0 Å². The van der Waals surface area contributed by atoms with Crippen molar-refractivity contribution in [3.05, 3.63) is 12.2 Å². The lowest BCUT2D eigenvalue weighted by molar-refractivity contribution is -0.153. The molecule has 0 aromatic carbocycles. The molecular weight excluding hydrogens is 316 g/mol. The van der Waals surface area contributed by atoms with Crippen LogP contribution in [0.25, 0.3) is 0 Å². The van der Waals surface area contributed by atoms with E-state index in [-0.39, 0.29) is 18.3 Å². The third kappa shape index (κ3) is 4.29. The van der Waals surface area contributed by atoms with Crippen molar-refractivity contribution in [2.45, 2.75) is 44.1 Å². The zero-order valence-electron chi connectivity index (χ0n) is 14.1. The minimum absolute atomic E-state index is 0.208. The molecule has 0 aromatic rings. The Morgan fingerprint density at radius 3 is 2.17 bits per heavy atom. The van der Waals surface area contributed by atoms with E-state index in [2.05, 4.69) is 10.8 Å². The highest BCUT2D eigenvalue weighted by molar-refractivity contribution is 6.62. The first-order valence-electron chi connectivity index (χ1n) is 8.11. The highest BCUT2D eigenvalue weighted by atomic mass is 28.4. The molecule has 1 unspecified atom stereocenters. The Labute approximate surface area is 138 Å². The number of allylic oxidation sites excluding steroid dienone is 2. The predicted octanol–water partition coefficient (Wildman–Crippen LogP) is 2.46. The molecule has 2 aliphatic rings. The number of esters is 2. The minimum atomic E-state index is -2.54. The molecular formula is C16H26O6Si. The van der Waals surface area contributed by atoms with Crippen molar-refractivity contribution in [3.8, 4) is 0 Å². The lowest BCUT2D eigenvalue weighted by atomic mass is 9.88. The first kappa shape index (κ1) is 18.3. The zero-order chi connectivity index (χ0) is 16.9. The van der Waals surface area contributed by atoms with Gasteiger partial charge in [0.25, 0.3) is 0 Å². The SMILES string of the molecule is CO[Si](OC)(OC)C1CCC(/C=C/CC2CC(=O)OC2=O)CC1. The summed E-state index contributed by atoms with van der Waals surface area (Å²) < 4.78 is 21.3. The maximum Gasteiger partial charge on any atom is 0.503 e. The second-order valence-corrected chi connectivity index (χ2v) is 9.43. The Morgan fingerprint density at radius 2 is 1.70 bits per heavy atom. The molecule has 23 heavy (non-hydrogen) atoms. The normalized spacial score (nSPS) is 29.3. The summed E-state index contributed by atoms with van der Waals surface area (Å²) in [5.41, 5.74) is 0.342. The lowest BCUT2D eigenvalue weighted by Crippen LogP contribution is -2.48. The molecule has 1 aliphatic carbocycles. The second kappa shape index (κ2) is 8.19. The van der Waals surface area contributed by atoms with Crippen molar-refractivity contribution >= 4 is 20.7 Å². The molecule has 0 N–H and O–H groups in total. The predicted molar refractivity (Wildman–Crippen MR) is 85.5 cm³/mol. The molecule has 0 spiro atoms. The first-order chi connectivity index (χ1) is 11.0. The van der Waals surface area contributed by atoms with E-state index in [1.54, 1.807) is 21.3 Å². The smallest absolute Gasteiger partial charge is 0.393 e. The van der Waals surface area contributed by atoms with Gasteiger partial charge in [-0.3, -0.25) is 9.59 Å². The van der Waals surface area contributed by atoms with E-state index >= 15 is 0 Å². The number of hydrogen-bond acceptors (Lipinski definition) is 6. The van der Waals surface area contributed by atoms with Crippen LogP contribution in [0.5, 0.6) is 0 Å². The summed E-state index contributed by atoms with van der Waals surface area (Å²) >= 11 is 0. The molecule has 0 radical (unpaired) electrons. The van der Waals surface area contributed by atoms with Crippen molar-refractivity contribution in [3.63, 3.8) is 0 Å². The van der Waals surface area contributed by atoms with Gasteiger partial charge in [-0.1, -0.05) is 12.2 Å². The summed E-state index contributed by atoms with van der Waals surface area (Å²) in [6, 6.07) is 0. The molecule has 0 amide bonds. The van der Waals surface area contributed by atoms with Gasteiger partial charge in [-0.05, 0) is 38.0 Å². The van der Waals surface area contributed by atoms with Gasteiger partial charge in [0.05, 0.1) is 12.3 Å². The van der Waals surface area contributed by atoms with E-state index in [9.17, 15) is 9.59 Å². The molecule has 6 nitrogen and oxygen atoms in total. The van der Waals surface area contributed by atoms with E-state index < -0.39 is 14.8 Å². The average molecular weight is 342 g/mol. The van der Waals surface area contributed by atoms with Crippen LogP contribution < -0.4 is 0 Å². The Kier molecular flexibility index (Phi) is 6.52. The summed E-state index contributed by atoms with van der Waals surface area (Å²) in [5.74, 6) is -0.601.